The highest BCUT2D eigenvalue weighted by atomic mass is 127. The Bertz CT molecular complexity index is 296. The van der Waals surface area contributed by atoms with Crippen LogP contribution in [-0.2, 0) is 0 Å². The van der Waals surface area contributed by atoms with Crippen LogP contribution in [0.1, 0.15) is 17.3 Å². The van der Waals surface area contributed by atoms with Gasteiger partial charge in [0.05, 0.1) is 0 Å². The van der Waals surface area contributed by atoms with Gasteiger partial charge in [-0.1, -0.05) is 0 Å². The number of nitrogen functional groups attached to an aromatic ring is 1. The normalized spacial score (nSPS) is 9.64. The minimum Gasteiger partial charge on any atom is -0.398 e. The Kier molecular flexibility index (Phi) is 2.49. The van der Waals surface area contributed by atoms with Crippen molar-refractivity contribution in [1.29, 1.82) is 0 Å². The second-order valence-electron chi connectivity index (χ2n) is 2.29. The van der Waals surface area contributed by atoms with Crippen molar-refractivity contribution in [2.24, 2.45) is 0 Å². The molecule has 0 bridgehead atoms. The largest absolute Gasteiger partial charge is 0.398 e. The van der Waals surface area contributed by atoms with E-state index in [-0.39, 0.29) is 5.78 Å². The second kappa shape index (κ2) is 3.21. The number of benzene rings is 1. The molecule has 0 unspecified atom stereocenters. The van der Waals surface area contributed by atoms with Crippen LogP contribution in [-0.4, -0.2) is 5.78 Å². The molecular weight excluding hydrogens is 253 g/mol. The van der Waals surface area contributed by atoms with Crippen molar-refractivity contribution in [3.63, 3.8) is 0 Å². The molecule has 0 spiro atoms. The first-order chi connectivity index (χ1) is 5.11. The Morgan fingerprint density at radius 1 is 1.55 bits per heavy atom. The molecule has 58 valence electrons. The summed E-state index contributed by atoms with van der Waals surface area (Å²) in [6, 6.07) is 5.27. The Labute approximate surface area is 78.9 Å². The first-order valence-corrected chi connectivity index (χ1v) is 4.25. The average molecular weight is 261 g/mol. The van der Waals surface area contributed by atoms with Crippen molar-refractivity contribution in [3.05, 3.63) is 27.3 Å². The van der Waals surface area contributed by atoms with Gasteiger partial charge in [-0.25, -0.2) is 0 Å². The van der Waals surface area contributed by atoms with Gasteiger partial charge in [0.1, 0.15) is 0 Å². The molecule has 2 nitrogen and oxygen atoms in total. The number of carbonyl (C=O) groups excluding carboxylic acids is 1. The molecule has 0 fully saturated rings. The van der Waals surface area contributed by atoms with E-state index in [1.54, 1.807) is 25.1 Å². The Hall–Kier alpha value is -0.580. The zero-order valence-corrected chi connectivity index (χ0v) is 8.25. The van der Waals surface area contributed by atoms with Crippen LogP contribution in [0.25, 0.3) is 0 Å². The van der Waals surface area contributed by atoms with Crippen LogP contribution in [0.15, 0.2) is 18.2 Å². The van der Waals surface area contributed by atoms with Crippen LogP contribution in [0.2, 0.25) is 0 Å². The first kappa shape index (κ1) is 8.52. The Morgan fingerprint density at radius 2 is 2.18 bits per heavy atom. The summed E-state index contributed by atoms with van der Waals surface area (Å²) in [7, 11) is 0. The van der Waals surface area contributed by atoms with Gasteiger partial charge in [0.15, 0.2) is 5.78 Å². The number of halogens is 1. The minimum absolute atomic E-state index is 0.0721. The highest BCUT2D eigenvalue weighted by Gasteiger charge is 2.00. The molecule has 0 atom stereocenters. The highest BCUT2D eigenvalue weighted by molar-refractivity contribution is 14.1. The van der Waals surface area contributed by atoms with Gasteiger partial charge in [-0.2, -0.15) is 0 Å². The van der Waals surface area contributed by atoms with Gasteiger partial charge < -0.3 is 5.73 Å². The predicted molar refractivity (Wildman–Crippen MR) is 53.6 cm³/mol. The summed E-state index contributed by atoms with van der Waals surface area (Å²) < 4.78 is 0.926. The molecule has 0 saturated heterocycles. The van der Waals surface area contributed by atoms with E-state index in [0.717, 1.165) is 9.26 Å². The maximum atomic E-state index is 10.9. The van der Waals surface area contributed by atoms with Gasteiger partial charge in [-0.3, -0.25) is 4.79 Å². The molecule has 1 aromatic carbocycles. The molecule has 0 amide bonds. The van der Waals surface area contributed by atoms with Crippen molar-refractivity contribution in [2.75, 3.05) is 5.73 Å². The SMILES string of the molecule is CC(=O)c1ccc(N)c(I)c1. The number of rotatable bonds is 1. The fourth-order valence-corrected chi connectivity index (χ4v) is 1.26. The lowest BCUT2D eigenvalue weighted by Gasteiger charge is -1.99. The average Bonchev–Trinajstić information content (AvgIpc) is 1.94. The molecule has 0 aliphatic rings. The number of ketones is 1. The van der Waals surface area contributed by atoms with Crippen LogP contribution in [0.3, 0.4) is 0 Å². The molecule has 2 N–H and O–H groups in total. The molecule has 0 radical (unpaired) electrons. The lowest BCUT2D eigenvalue weighted by atomic mass is 10.1. The lowest BCUT2D eigenvalue weighted by molar-refractivity contribution is 0.101. The van der Waals surface area contributed by atoms with E-state index in [1.165, 1.54) is 0 Å². The van der Waals surface area contributed by atoms with Crippen LogP contribution in [0.4, 0.5) is 5.69 Å². The minimum atomic E-state index is 0.0721. The predicted octanol–water partition coefficient (Wildman–Crippen LogP) is 2.08. The molecule has 3 heteroatoms. The maximum Gasteiger partial charge on any atom is 0.159 e. The van der Waals surface area contributed by atoms with Crippen LogP contribution in [0.5, 0.6) is 0 Å². The highest BCUT2D eigenvalue weighted by Crippen LogP contribution is 2.16. The molecule has 0 aromatic heterocycles. The van der Waals surface area contributed by atoms with E-state index in [4.69, 9.17) is 5.73 Å². The number of anilines is 1. The third-order valence-corrected chi connectivity index (χ3v) is 2.34. The molecule has 0 heterocycles. The summed E-state index contributed by atoms with van der Waals surface area (Å²) in [4.78, 5) is 10.9. The van der Waals surface area contributed by atoms with E-state index in [0.29, 0.717) is 5.56 Å². The number of Topliss-reactive ketones (excluding diaryl/α,β-unsaturated/α-hetero) is 1. The zero-order chi connectivity index (χ0) is 8.43. The van der Waals surface area contributed by atoms with Gasteiger partial charge in [-0.05, 0) is 47.7 Å². The maximum absolute atomic E-state index is 10.9. The third-order valence-electron chi connectivity index (χ3n) is 1.41. The van der Waals surface area contributed by atoms with E-state index < -0.39 is 0 Å². The summed E-state index contributed by atoms with van der Waals surface area (Å²) >= 11 is 2.11. The van der Waals surface area contributed by atoms with Gasteiger partial charge in [0.25, 0.3) is 0 Å². The van der Waals surface area contributed by atoms with Gasteiger partial charge in [-0.15, -0.1) is 0 Å². The van der Waals surface area contributed by atoms with Crippen LogP contribution < -0.4 is 5.73 Å². The fraction of sp³-hybridized carbons (Fsp3) is 0.125. The molecule has 0 saturated carbocycles. The van der Waals surface area contributed by atoms with E-state index in [1.807, 2.05) is 0 Å². The molecule has 0 aliphatic carbocycles. The molecule has 11 heavy (non-hydrogen) atoms. The van der Waals surface area contributed by atoms with Crippen molar-refractivity contribution >= 4 is 34.1 Å². The Morgan fingerprint density at radius 3 is 2.64 bits per heavy atom. The number of carbonyl (C=O) groups is 1. The van der Waals surface area contributed by atoms with E-state index >= 15 is 0 Å². The molecule has 0 aliphatic heterocycles. The van der Waals surface area contributed by atoms with Crippen molar-refractivity contribution in [2.45, 2.75) is 6.92 Å². The fourth-order valence-electron chi connectivity index (χ4n) is 0.746. The molecule has 1 aromatic rings. The first-order valence-electron chi connectivity index (χ1n) is 3.17. The molecular formula is C8H8INO. The number of nitrogens with two attached hydrogens (primary N) is 1. The lowest BCUT2D eigenvalue weighted by Crippen LogP contribution is -1.95. The third kappa shape index (κ3) is 1.92. The van der Waals surface area contributed by atoms with E-state index in [2.05, 4.69) is 22.6 Å². The summed E-state index contributed by atoms with van der Waals surface area (Å²) in [5, 5.41) is 0. The Balaban J connectivity index is 3.15. The van der Waals surface area contributed by atoms with E-state index in [9.17, 15) is 4.79 Å². The second-order valence-corrected chi connectivity index (χ2v) is 3.45. The summed E-state index contributed by atoms with van der Waals surface area (Å²) in [5.41, 5.74) is 7.00. The number of hydrogen-bond donors (Lipinski definition) is 1. The molecule has 1 rings (SSSR count). The monoisotopic (exact) mass is 261 g/mol. The van der Waals surface area contributed by atoms with Gasteiger partial charge >= 0.3 is 0 Å². The standard InChI is InChI=1S/C8H8INO/c1-5(11)6-2-3-8(10)7(9)4-6/h2-4H,10H2,1H3. The zero-order valence-electron chi connectivity index (χ0n) is 6.10. The smallest absolute Gasteiger partial charge is 0.159 e. The van der Waals surface area contributed by atoms with Crippen molar-refractivity contribution in [1.82, 2.24) is 0 Å². The van der Waals surface area contributed by atoms with Gasteiger partial charge in [0, 0.05) is 14.8 Å². The quantitative estimate of drug-likeness (QED) is 0.477. The summed E-state index contributed by atoms with van der Waals surface area (Å²) in [6.45, 7) is 1.54. The van der Waals surface area contributed by atoms with Gasteiger partial charge in [0.2, 0.25) is 0 Å². The summed E-state index contributed by atoms with van der Waals surface area (Å²) in [5.74, 6) is 0.0721. The van der Waals surface area contributed by atoms with Crippen LogP contribution in [0, 0.1) is 3.57 Å². The van der Waals surface area contributed by atoms with Crippen molar-refractivity contribution in [3.8, 4) is 0 Å². The van der Waals surface area contributed by atoms with Crippen LogP contribution >= 0.6 is 22.6 Å². The summed E-state index contributed by atoms with van der Waals surface area (Å²) in [6.07, 6.45) is 0. The topological polar surface area (TPSA) is 43.1 Å². The van der Waals surface area contributed by atoms with Crippen molar-refractivity contribution < 1.29 is 4.79 Å². The number of hydrogen-bond acceptors (Lipinski definition) is 2.